The molecule has 132 valence electrons. The van der Waals surface area contributed by atoms with Gasteiger partial charge in [0, 0.05) is 30.6 Å². The number of hydrogen-bond acceptors (Lipinski definition) is 6. The van der Waals surface area contributed by atoms with E-state index in [4.69, 9.17) is 13.6 Å². The summed E-state index contributed by atoms with van der Waals surface area (Å²) in [6.07, 6.45) is 1.68. The average Bonchev–Trinajstić information content (AvgIpc) is 3.11. The summed E-state index contributed by atoms with van der Waals surface area (Å²) in [5, 5.41) is 4.30. The van der Waals surface area contributed by atoms with Crippen molar-refractivity contribution < 1.29 is 13.6 Å². The van der Waals surface area contributed by atoms with Gasteiger partial charge in [0.2, 0.25) is 0 Å². The SMILES string of the molecule is COc1ccc2c(CNC[C@H](c3ccco3)N(C)C)cc(=O)oc2c1. The molecule has 0 aliphatic heterocycles. The van der Waals surface area contributed by atoms with Crippen molar-refractivity contribution in [3.63, 3.8) is 0 Å². The molecular weight excluding hydrogens is 320 g/mol. The Bertz CT molecular complexity index is 884. The van der Waals surface area contributed by atoms with Gasteiger partial charge in [0.1, 0.15) is 17.1 Å². The number of methoxy groups -OCH3 is 1. The number of furan rings is 1. The first kappa shape index (κ1) is 17.3. The van der Waals surface area contributed by atoms with Gasteiger partial charge in [0.15, 0.2) is 0 Å². The van der Waals surface area contributed by atoms with E-state index in [1.54, 1.807) is 19.4 Å². The zero-order valence-electron chi connectivity index (χ0n) is 14.6. The number of rotatable bonds is 7. The van der Waals surface area contributed by atoms with Crippen molar-refractivity contribution in [2.45, 2.75) is 12.6 Å². The maximum Gasteiger partial charge on any atom is 0.336 e. The third-order valence-electron chi connectivity index (χ3n) is 4.19. The Balaban J connectivity index is 1.77. The van der Waals surface area contributed by atoms with E-state index in [-0.39, 0.29) is 11.7 Å². The molecule has 3 aromatic rings. The largest absolute Gasteiger partial charge is 0.497 e. The maximum atomic E-state index is 11.8. The molecule has 0 saturated carbocycles. The summed E-state index contributed by atoms with van der Waals surface area (Å²) >= 11 is 0. The lowest BCUT2D eigenvalue weighted by atomic mass is 10.1. The number of likely N-dealkylation sites (N-methyl/N-ethyl adjacent to an activating group) is 1. The summed E-state index contributed by atoms with van der Waals surface area (Å²) in [5.41, 5.74) is 1.05. The molecule has 0 radical (unpaired) electrons. The maximum absolute atomic E-state index is 11.8. The van der Waals surface area contributed by atoms with Crippen LogP contribution in [0.4, 0.5) is 0 Å². The van der Waals surface area contributed by atoms with Crippen LogP contribution in [-0.4, -0.2) is 32.6 Å². The lowest BCUT2D eigenvalue weighted by molar-refractivity contribution is 0.250. The van der Waals surface area contributed by atoms with Gasteiger partial charge in [0.05, 0.1) is 19.4 Å². The molecule has 0 fully saturated rings. The Hall–Kier alpha value is -2.57. The molecule has 0 amide bonds. The Kier molecular flexibility index (Phi) is 5.21. The Labute approximate surface area is 146 Å². The van der Waals surface area contributed by atoms with Crippen molar-refractivity contribution in [2.24, 2.45) is 0 Å². The second-order valence-electron chi connectivity index (χ2n) is 6.08. The summed E-state index contributed by atoms with van der Waals surface area (Å²) in [4.78, 5) is 13.9. The van der Waals surface area contributed by atoms with Gasteiger partial charge in [-0.05, 0) is 43.9 Å². The van der Waals surface area contributed by atoms with E-state index in [1.165, 1.54) is 6.07 Å². The molecule has 0 unspecified atom stereocenters. The summed E-state index contributed by atoms with van der Waals surface area (Å²) in [6.45, 7) is 1.25. The molecule has 0 bridgehead atoms. The molecule has 6 nitrogen and oxygen atoms in total. The van der Waals surface area contributed by atoms with Crippen molar-refractivity contribution >= 4 is 11.0 Å². The number of fused-ring (bicyclic) bond motifs is 1. The lowest BCUT2D eigenvalue weighted by Crippen LogP contribution is -2.30. The van der Waals surface area contributed by atoms with E-state index < -0.39 is 0 Å². The highest BCUT2D eigenvalue weighted by molar-refractivity contribution is 5.81. The first-order chi connectivity index (χ1) is 12.1. The van der Waals surface area contributed by atoms with Gasteiger partial charge in [-0.2, -0.15) is 0 Å². The van der Waals surface area contributed by atoms with Crippen molar-refractivity contribution in [2.75, 3.05) is 27.7 Å². The van der Waals surface area contributed by atoms with E-state index in [9.17, 15) is 4.79 Å². The second-order valence-corrected chi connectivity index (χ2v) is 6.08. The predicted molar refractivity (Wildman–Crippen MR) is 95.9 cm³/mol. The first-order valence-electron chi connectivity index (χ1n) is 8.10. The third kappa shape index (κ3) is 3.92. The van der Waals surface area contributed by atoms with Crippen LogP contribution < -0.4 is 15.7 Å². The van der Waals surface area contributed by atoms with E-state index in [2.05, 4.69) is 10.2 Å². The summed E-state index contributed by atoms with van der Waals surface area (Å²) in [5.74, 6) is 1.56. The average molecular weight is 342 g/mol. The lowest BCUT2D eigenvalue weighted by Gasteiger charge is -2.22. The van der Waals surface area contributed by atoms with Gasteiger partial charge in [-0.15, -0.1) is 0 Å². The molecule has 0 aliphatic carbocycles. The van der Waals surface area contributed by atoms with Crippen LogP contribution in [0.25, 0.3) is 11.0 Å². The Morgan fingerprint density at radius 1 is 1.24 bits per heavy atom. The number of benzene rings is 1. The molecule has 0 aliphatic rings. The Morgan fingerprint density at radius 3 is 2.76 bits per heavy atom. The zero-order chi connectivity index (χ0) is 17.8. The predicted octanol–water partition coefficient (Wildman–Crippen LogP) is 2.79. The van der Waals surface area contributed by atoms with Crippen molar-refractivity contribution in [3.8, 4) is 5.75 Å². The molecule has 1 aromatic carbocycles. The summed E-state index contributed by atoms with van der Waals surface area (Å²) in [6, 6.07) is 11.0. The van der Waals surface area contributed by atoms with Gasteiger partial charge >= 0.3 is 5.63 Å². The molecular formula is C19H22N2O4. The monoisotopic (exact) mass is 342 g/mol. The number of nitrogens with zero attached hydrogens (tertiary/aromatic N) is 1. The molecule has 25 heavy (non-hydrogen) atoms. The Morgan fingerprint density at radius 2 is 2.08 bits per heavy atom. The summed E-state index contributed by atoms with van der Waals surface area (Å²) < 4.78 is 16.0. The molecule has 6 heteroatoms. The van der Waals surface area contributed by atoms with E-state index >= 15 is 0 Å². The van der Waals surface area contributed by atoms with E-state index in [0.29, 0.717) is 24.4 Å². The first-order valence-corrected chi connectivity index (χ1v) is 8.10. The third-order valence-corrected chi connectivity index (χ3v) is 4.19. The van der Waals surface area contributed by atoms with Crippen LogP contribution in [0.15, 0.2) is 56.3 Å². The van der Waals surface area contributed by atoms with Crippen LogP contribution in [-0.2, 0) is 6.54 Å². The van der Waals surface area contributed by atoms with Gasteiger partial charge in [-0.1, -0.05) is 0 Å². The molecule has 3 rings (SSSR count). The van der Waals surface area contributed by atoms with E-state index in [1.807, 2.05) is 38.4 Å². The molecule has 1 N–H and O–H groups in total. The van der Waals surface area contributed by atoms with Crippen LogP contribution in [0, 0.1) is 0 Å². The zero-order valence-corrected chi connectivity index (χ0v) is 14.6. The quantitative estimate of drug-likeness (QED) is 0.666. The fraction of sp³-hybridized carbons (Fsp3) is 0.316. The van der Waals surface area contributed by atoms with Gasteiger partial charge in [0.25, 0.3) is 0 Å². The van der Waals surface area contributed by atoms with Gasteiger partial charge < -0.3 is 18.9 Å². The van der Waals surface area contributed by atoms with Crippen LogP contribution in [0.1, 0.15) is 17.4 Å². The minimum absolute atomic E-state index is 0.112. The van der Waals surface area contributed by atoms with Crippen LogP contribution in [0.3, 0.4) is 0 Å². The van der Waals surface area contributed by atoms with Crippen molar-refractivity contribution in [3.05, 3.63) is 64.4 Å². The minimum Gasteiger partial charge on any atom is -0.497 e. The fourth-order valence-electron chi connectivity index (χ4n) is 2.85. The summed E-state index contributed by atoms with van der Waals surface area (Å²) in [7, 11) is 5.60. The number of hydrogen-bond donors (Lipinski definition) is 1. The number of nitrogens with one attached hydrogen (secondary N) is 1. The highest BCUT2D eigenvalue weighted by atomic mass is 16.5. The molecule has 2 heterocycles. The number of ether oxygens (including phenoxy) is 1. The molecule has 1 atom stereocenters. The highest BCUT2D eigenvalue weighted by Crippen LogP contribution is 2.23. The van der Waals surface area contributed by atoms with Crippen LogP contribution in [0.2, 0.25) is 0 Å². The normalized spacial score (nSPS) is 12.6. The molecule has 2 aromatic heterocycles. The second kappa shape index (κ2) is 7.55. The highest BCUT2D eigenvalue weighted by Gasteiger charge is 2.16. The topological polar surface area (TPSA) is 67.8 Å². The van der Waals surface area contributed by atoms with Crippen molar-refractivity contribution in [1.82, 2.24) is 10.2 Å². The minimum atomic E-state index is -0.368. The van der Waals surface area contributed by atoms with Crippen LogP contribution in [0.5, 0.6) is 5.75 Å². The van der Waals surface area contributed by atoms with Gasteiger partial charge in [-0.3, -0.25) is 4.90 Å². The van der Waals surface area contributed by atoms with Gasteiger partial charge in [-0.25, -0.2) is 4.79 Å². The standard InChI is InChI=1S/C19H22N2O4/c1-21(2)16(17-5-4-8-24-17)12-20-11-13-9-19(22)25-18-10-14(23-3)6-7-15(13)18/h4-10,16,20H,11-12H2,1-3H3/t16-/m1/s1. The van der Waals surface area contributed by atoms with Crippen LogP contribution >= 0.6 is 0 Å². The fourth-order valence-corrected chi connectivity index (χ4v) is 2.85. The smallest absolute Gasteiger partial charge is 0.336 e. The van der Waals surface area contributed by atoms with E-state index in [0.717, 1.165) is 16.7 Å². The van der Waals surface area contributed by atoms with Crippen molar-refractivity contribution in [1.29, 1.82) is 0 Å². The molecule has 0 spiro atoms. The molecule has 0 saturated heterocycles.